The molecule has 5 nitrogen and oxygen atoms in total. The molecule has 1 amide bonds. The monoisotopic (exact) mass is 283 g/mol. The second-order valence-corrected chi connectivity index (χ2v) is 5.87. The molecule has 0 aliphatic carbocycles. The SMILES string of the molecule is COC1(C(=O)NCCc2csc(C)n2)CCNCC1. The minimum atomic E-state index is -0.650. The lowest BCUT2D eigenvalue weighted by atomic mass is 9.91. The fourth-order valence-corrected chi connectivity index (χ4v) is 2.99. The molecule has 2 rings (SSSR count). The van der Waals surface area contributed by atoms with Crippen LogP contribution in [-0.4, -0.2) is 43.2 Å². The molecule has 1 aromatic heterocycles. The predicted octanol–water partition coefficient (Wildman–Crippen LogP) is 0.879. The van der Waals surface area contributed by atoms with Crippen molar-refractivity contribution < 1.29 is 9.53 Å². The minimum Gasteiger partial charge on any atom is -0.368 e. The second-order valence-electron chi connectivity index (χ2n) is 4.81. The fourth-order valence-electron chi connectivity index (χ4n) is 2.34. The number of carbonyl (C=O) groups is 1. The molecule has 1 fully saturated rings. The molecule has 1 aliphatic heterocycles. The van der Waals surface area contributed by atoms with E-state index in [1.165, 1.54) is 0 Å². The average molecular weight is 283 g/mol. The molecule has 2 N–H and O–H groups in total. The summed E-state index contributed by atoms with van der Waals surface area (Å²) in [4.78, 5) is 16.6. The van der Waals surface area contributed by atoms with E-state index in [0.717, 1.165) is 43.1 Å². The van der Waals surface area contributed by atoms with Crippen LogP contribution in [0, 0.1) is 6.92 Å². The number of piperidine rings is 1. The summed E-state index contributed by atoms with van der Waals surface area (Å²) in [7, 11) is 1.62. The molecule has 0 aromatic carbocycles. The highest BCUT2D eigenvalue weighted by molar-refractivity contribution is 7.09. The number of thiazole rings is 1. The molecule has 2 heterocycles. The Bertz CT molecular complexity index is 427. The average Bonchev–Trinajstić information content (AvgIpc) is 2.85. The van der Waals surface area contributed by atoms with Crippen LogP contribution in [0.1, 0.15) is 23.5 Å². The lowest BCUT2D eigenvalue weighted by Crippen LogP contribution is -2.54. The molecule has 1 aromatic rings. The number of ether oxygens (including phenoxy) is 1. The van der Waals surface area contributed by atoms with Crippen molar-refractivity contribution in [3.8, 4) is 0 Å². The second kappa shape index (κ2) is 6.45. The van der Waals surface area contributed by atoms with Gasteiger partial charge in [-0.2, -0.15) is 0 Å². The third-order valence-electron chi connectivity index (χ3n) is 3.55. The molecule has 6 heteroatoms. The summed E-state index contributed by atoms with van der Waals surface area (Å²) in [5.41, 5.74) is 0.392. The molecule has 1 aliphatic rings. The Hall–Kier alpha value is -0.980. The van der Waals surface area contributed by atoms with Crippen LogP contribution >= 0.6 is 11.3 Å². The van der Waals surface area contributed by atoms with Gasteiger partial charge >= 0.3 is 0 Å². The Labute approximate surface area is 117 Å². The third-order valence-corrected chi connectivity index (χ3v) is 4.37. The number of rotatable bonds is 5. The van der Waals surface area contributed by atoms with Crippen LogP contribution in [0.2, 0.25) is 0 Å². The van der Waals surface area contributed by atoms with E-state index in [4.69, 9.17) is 4.74 Å². The minimum absolute atomic E-state index is 0.00320. The van der Waals surface area contributed by atoms with Crippen LogP contribution in [0.3, 0.4) is 0 Å². The fraction of sp³-hybridized carbons (Fsp3) is 0.692. The Morgan fingerprint density at radius 3 is 2.89 bits per heavy atom. The van der Waals surface area contributed by atoms with E-state index >= 15 is 0 Å². The Kier molecular flexibility index (Phi) is 4.90. The van der Waals surface area contributed by atoms with Gasteiger partial charge in [-0.3, -0.25) is 4.79 Å². The first-order valence-electron chi connectivity index (χ1n) is 6.61. The topological polar surface area (TPSA) is 63.2 Å². The maximum absolute atomic E-state index is 12.3. The molecular weight excluding hydrogens is 262 g/mol. The van der Waals surface area contributed by atoms with Gasteiger partial charge in [-0.1, -0.05) is 0 Å². The van der Waals surface area contributed by atoms with Crippen LogP contribution in [0.25, 0.3) is 0 Å². The summed E-state index contributed by atoms with van der Waals surface area (Å²) in [6.07, 6.45) is 2.23. The van der Waals surface area contributed by atoms with Gasteiger partial charge in [-0.15, -0.1) is 11.3 Å². The number of hydrogen-bond acceptors (Lipinski definition) is 5. The van der Waals surface area contributed by atoms with Gasteiger partial charge in [0.25, 0.3) is 5.91 Å². The first kappa shape index (κ1) is 14.4. The Balaban J connectivity index is 1.82. The van der Waals surface area contributed by atoms with Gasteiger partial charge in [0, 0.05) is 25.5 Å². The van der Waals surface area contributed by atoms with Crippen molar-refractivity contribution in [3.05, 3.63) is 16.1 Å². The molecule has 0 bridgehead atoms. The standard InChI is InChI=1S/C13H21N3O2S/c1-10-16-11(9-19-10)3-6-15-12(17)13(18-2)4-7-14-8-5-13/h9,14H,3-8H2,1-2H3,(H,15,17). The van der Waals surface area contributed by atoms with Crippen LogP contribution in [0.5, 0.6) is 0 Å². The summed E-state index contributed by atoms with van der Waals surface area (Å²) in [6, 6.07) is 0. The molecule has 106 valence electrons. The van der Waals surface area contributed by atoms with E-state index in [0.29, 0.717) is 6.54 Å². The summed E-state index contributed by atoms with van der Waals surface area (Å²) >= 11 is 1.64. The zero-order valence-electron chi connectivity index (χ0n) is 11.5. The summed E-state index contributed by atoms with van der Waals surface area (Å²) in [5.74, 6) is 0.00320. The van der Waals surface area contributed by atoms with Crippen molar-refractivity contribution in [2.24, 2.45) is 0 Å². The number of hydrogen-bond donors (Lipinski definition) is 2. The molecule has 0 radical (unpaired) electrons. The van der Waals surface area contributed by atoms with Gasteiger partial charge < -0.3 is 15.4 Å². The highest BCUT2D eigenvalue weighted by Crippen LogP contribution is 2.22. The number of carbonyl (C=O) groups excluding carboxylic acids is 1. The summed E-state index contributed by atoms with van der Waals surface area (Å²) < 4.78 is 5.48. The van der Waals surface area contributed by atoms with Crippen LogP contribution < -0.4 is 10.6 Å². The number of amides is 1. The van der Waals surface area contributed by atoms with Crippen molar-refractivity contribution in [2.75, 3.05) is 26.7 Å². The zero-order chi connectivity index (χ0) is 13.7. The number of nitrogens with zero attached hydrogens (tertiary/aromatic N) is 1. The normalized spacial score (nSPS) is 18.2. The Morgan fingerprint density at radius 2 is 2.32 bits per heavy atom. The van der Waals surface area contributed by atoms with Gasteiger partial charge in [-0.05, 0) is 32.9 Å². The predicted molar refractivity (Wildman–Crippen MR) is 75.4 cm³/mol. The molecule has 0 atom stereocenters. The van der Waals surface area contributed by atoms with E-state index in [9.17, 15) is 4.79 Å². The summed E-state index contributed by atoms with van der Waals surface area (Å²) in [5, 5.41) is 9.32. The number of nitrogens with one attached hydrogen (secondary N) is 2. The third kappa shape index (κ3) is 3.52. The molecular formula is C13H21N3O2S. The largest absolute Gasteiger partial charge is 0.368 e. The summed E-state index contributed by atoms with van der Waals surface area (Å²) in [6.45, 7) is 4.25. The highest BCUT2D eigenvalue weighted by Gasteiger charge is 2.39. The van der Waals surface area contributed by atoms with Gasteiger partial charge in [-0.25, -0.2) is 4.98 Å². The molecule has 0 spiro atoms. The lowest BCUT2D eigenvalue weighted by Gasteiger charge is -2.34. The molecule has 0 saturated carbocycles. The molecule has 1 saturated heterocycles. The van der Waals surface area contributed by atoms with E-state index in [2.05, 4.69) is 15.6 Å². The van der Waals surface area contributed by atoms with Crippen molar-refractivity contribution in [1.82, 2.24) is 15.6 Å². The van der Waals surface area contributed by atoms with E-state index < -0.39 is 5.60 Å². The maximum atomic E-state index is 12.3. The van der Waals surface area contributed by atoms with Crippen LogP contribution in [0.4, 0.5) is 0 Å². The van der Waals surface area contributed by atoms with Gasteiger partial charge in [0.05, 0.1) is 10.7 Å². The van der Waals surface area contributed by atoms with Crippen molar-refractivity contribution in [3.63, 3.8) is 0 Å². The first-order chi connectivity index (χ1) is 9.16. The molecule has 0 unspecified atom stereocenters. The van der Waals surface area contributed by atoms with Crippen LogP contribution in [-0.2, 0) is 16.0 Å². The van der Waals surface area contributed by atoms with Gasteiger partial charge in [0.15, 0.2) is 0 Å². The highest BCUT2D eigenvalue weighted by atomic mass is 32.1. The molecule has 19 heavy (non-hydrogen) atoms. The van der Waals surface area contributed by atoms with E-state index in [-0.39, 0.29) is 5.91 Å². The number of methoxy groups -OCH3 is 1. The van der Waals surface area contributed by atoms with Gasteiger partial charge in [0.2, 0.25) is 0 Å². The van der Waals surface area contributed by atoms with Crippen LogP contribution in [0.15, 0.2) is 5.38 Å². The van der Waals surface area contributed by atoms with E-state index in [1.54, 1.807) is 18.4 Å². The van der Waals surface area contributed by atoms with Crippen molar-refractivity contribution in [1.29, 1.82) is 0 Å². The van der Waals surface area contributed by atoms with Crippen molar-refractivity contribution >= 4 is 17.2 Å². The zero-order valence-corrected chi connectivity index (χ0v) is 12.3. The first-order valence-corrected chi connectivity index (χ1v) is 7.49. The smallest absolute Gasteiger partial charge is 0.252 e. The van der Waals surface area contributed by atoms with E-state index in [1.807, 2.05) is 12.3 Å². The van der Waals surface area contributed by atoms with Crippen molar-refractivity contribution in [2.45, 2.75) is 31.8 Å². The number of aryl methyl sites for hydroxylation is 1. The maximum Gasteiger partial charge on any atom is 0.252 e. The Morgan fingerprint density at radius 1 is 1.58 bits per heavy atom. The van der Waals surface area contributed by atoms with Gasteiger partial charge in [0.1, 0.15) is 5.60 Å². The quantitative estimate of drug-likeness (QED) is 0.842. The number of aromatic nitrogens is 1. The lowest BCUT2D eigenvalue weighted by molar-refractivity contribution is -0.146.